The Morgan fingerprint density at radius 1 is 1.04 bits per heavy atom. The van der Waals surface area contributed by atoms with E-state index >= 15 is 0 Å². The van der Waals surface area contributed by atoms with E-state index in [9.17, 15) is 9.59 Å². The Kier molecular flexibility index (Phi) is 5.34. The predicted octanol–water partition coefficient (Wildman–Crippen LogP) is 3.71. The van der Waals surface area contributed by atoms with Gasteiger partial charge in [-0.1, -0.05) is 18.2 Å². The minimum atomic E-state index is -1.02. The number of benzene rings is 1. The number of hydrogen-bond donors (Lipinski definition) is 1. The van der Waals surface area contributed by atoms with Gasteiger partial charge in [0.15, 0.2) is 0 Å². The monoisotopic (exact) mass is 326 g/mol. The number of hydrogen-bond acceptors (Lipinski definition) is 3. The minimum absolute atomic E-state index is 0.0591. The van der Waals surface area contributed by atoms with Gasteiger partial charge in [0.2, 0.25) is 0 Å². The highest BCUT2D eigenvalue weighted by atomic mass is 16.4. The number of carbonyl (C=O) groups is 2. The van der Waals surface area contributed by atoms with Crippen molar-refractivity contribution in [2.45, 2.75) is 39.8 Å². The summed E-state index contributed by atoms with van der Waals surface area (Å²) in [6.07, 6.45) is 1.45. The maximum atomic E-state index is 13.0. The van der Waals surface area contributed by atoms with Crippen LogP contribution in [0.15, 0.2) is 42.6 Å². The highest BCUT2D eigenvalue weighted by Crippen LogP contribution is 2.25. The van der Waals surface area contributed by atoms with Gasteiger partial charge in [0.1, 0.15) is 0 Å². The first-order valence-corrected chi connectivity index (χ1v) is 7.94. The summed E-state index contributed by atoms with van der Waals surface area (Å²) in [5.41, 5.74) is 1.78. The van der Waals surface area contributed by atoms with Crippen molar-refractivity contribution < 1.29 is 14.7 Å². The van der Waals surface area contributed by atoms with E-state index in [4.69, 9.17) is 5.11 Å². The van der Waals surface area contributed by atoms with Gasteiger partial charge in [0.05, 0.1) is 11.3 Å². The maximum absolute atomic E-state index is 13.0. The topological polar surface area (TPSA) is 70.5 Å². The van der Waals surface area contributed by atoms with Crippen LogP contribution in [0, 0.1) is 0 Å². The molecule has 0 aliphatic heterocycles. The maximum Gasteiger partial charge on any atom is 0.335 e. The molecule has 0 saturated heterocycles. The fourth-order valence-corrected chi connectivity index (χ4v) is 2.81. The molecule has 0 spiro atoms. The molecule has 126 valence electrons. The third-order valence-electron chi connectivity index (χ3n) is 3.79. The normalized spacial score (nSPS) is 10.9. The molecule has 0 aliphatic carbocycles. The van der Waals surface area contributed by atoms with Crippen molar-refractivity contribution in [3.63, 3.8) is 0 Å². The fourth-order valence-electron chi connectivity index (χ4n) is 2.81. The van der Waals surface area contributed by atoms with Gasteiger partial charge in [-0.05, 0) is 45.9 Å². The molecule has 1 amide bonds. The summed E-state index contributed by atoms with van der Waals surface area (Å²) in [4.78, 5) is 30.3. The van der Waals surface area contributed by atoms with E-state index in [-0.39, 0.29) is 23.6 Å². The van der Waals surface area contributed by atoms with Crippen molar-refractivity contribution in [3.8, 4) is 11.3 Å². The van der Waals surface area contributed by atoms with Crippen molar-refractivity contribution in [2.75, 3.05) is 0 Å². The van der Waals surface area contributed by atoms with Crippen LogP contribution in [0.5, 0.6) is 0 Å². The van der Waals surface area contributed by atoms with Crippen molar-refractivity contribution in [2.24, 2.45) is 0 Å². The molecule has 0 atom stereocenters. The molecule has 5 nitrogen and oxygen atoms in total. The molecule has 5 heteroatoms. The van der Waals surface area contributed by atoms with Crippen LogP contribution in [0.25, 0.3) is 11.3 Å². The quantitative estimate of drug-likeness (QED) is 0.909. The highest BCUT2D eigenvalue weighted by Gasteiger charge is 2.24. The second kappa shape index (κ2) is 7.25. The van der Waals surface area contributed by atoms with E-state index in [0.29, 0.717) is 16.8 Å². The lowest BCUT2D eigenvalue weighted by Crippen LogP contribution is -2.42. The Labute approximate surface area is 142 Å². The first kappa shape index (κ1) is 17.7. The van der Waals surface area contributed by atoms with Gasteiger partial charge in [-0.2, -0.15) is 0 Å². The summed E-state index contributed by atoms with van der Waals surface area (Å²) < 4.78 is 0. The Morgan fingerprint density at radius 2 is 1.67 bits per heavy atom. The van der Waals surface area contributed by atoms with E-state index in [1.54, 1.807) is 23.1 Å². The zero-order chi connectivity index (χ0) is 17.9. The van der Waals surface area contributed by atoms with Crippen LogP contribution < -0.4 is 0 Å². The number of carboxylic acid groups (broad SMARTS) is 1. The van der Waals surface area contributed by atoms with Gasteiger partial charge < -0.3 is 10.0 Å². The van der Waals surface area contributed by atoms with E-state index in [1.807, 2.05) is 33.8 Å². The lowest BCUT2D eigenvalue weighted by atomic mass is 10.0. The number of carbonyl (C=O) groups excluding carboxylic acids is 1. The smallest absolute Gasteiger partial charge is 0.335 e. The fraction of sp³-hybridized carbons (Fsp3) is 0.316. The van der Waals surface area contributed by atoms with Crippen molar-refractivity contribution in [1.29, 1.82) is 0 Å². The van der Waals surface area contributed by atoms with E-state index < -0.39 is 5.97 Å². The van der Waals surface area contributed by atoms with E-state index in [0.717, 1.165) is 0 Å². The van der Waals surface area contributed by atoms with Crippen molar-refractivity contribution in [3.05, 3.63) is 53.7 Å². The van der Waals surface area contributed by atoms with Crippen LogP contribution >= 0.6 is 0 Å². The summed E-state index contributed by atoms with van der Waals surface area (Å²) in [7, 11) is 0. The van der Waals surface area contributed by atoms with Crippen LogP contribution in [0.4, 0.5) is 0 Å². The molecule has 2 aromatic rings. The molecule has 2 rings (SSSR count). The Morgan fingerprint density at radius 3 is 2.25 bits per heavy atom. The first-order chi connectivity index (χ1) is 11.3. The average Bonchev–Trinajstić information content (AvgIpc) is 2.54. The zero-order valence-electron chi connectivity index (χ0n) is 14.4. The third-order valence-corrected chi connectivity index (χ3v) is 3.79. The Hall–Kier alpha value is -2.69. The zero-order valence-corrected chi connectivity index (χ0v) is 14.4. The molecule has 24 heavy (non-hydrogen) atoms. The van der Waals surface area contributed by atoms with Crippen LogP contribution in [-0.2, 0) is 0 Å². The molecule has 1 aromatic heterocycles. The number of aromatic nitrogens is 1. The number of amides is 1. The van der Waals surface area contributed by atoms with Gasteiger partial charge in [-0.25, -0.2) is 4.79 Å². The number of rotatable bonds is 5. The Balaban J connectivity index is 2.53. The Bertz CT molecular complexity index is 746. The van der Waals surface area contributed by atoms with Crippen molar-refractivity contribution in [1.82, 2.24) is 9.88 Å². The summed E-state index contributed by atoms with van der Waals surface area (Å²) in [5.74, 6) is -1.11. The summed E-state index contributed by atoms with van der Waals surface area (Å²) >= 11 is 0. The van der Waals surface area contributed by atoms with E-state index in [2.05, 4.69) is 4.98 Å². The largest absolute Gasteiger partial charge is 0.478 e. The van der Waals surface area contributed by atoms with Gasteiger partial charge in [-0.15, -0.1) is 0 Å². The minimum Gasteiger partial charge on any atom is -0.478 e. The molecule has 0 aliphatic rings. The molecule has 0 saturated carbocycles. The van der Waals surface area contributed by atoms with E-state index in [1.165, 1.54) is 18.3 Å². The molecule has 0 bridgehead atoms. The second-order valence-corrected chi connectivity index (χ2v) is 6.18. The van der Waals surface area contributed by atoms with Gasteiger partial charge >= 0.3 is 5.97 Å². The molecule has 0 fully saturated rings. The SMILES string of the molecule is CC(C)N(C(=O)c1ccccc1-c1cc(C(=O)O)ccn1)C(C)C. The van der Waals surface area contributed by atoms with Crippen LogP contribution in [0.3, 0.4) is 0 Å². The van der Waals surface area contributed by atoms with Gasteiger partial charge in [0, 0.05) is 29.4 Å². The predicted molar refractivity (Wildman–Crippen MR) is 93.1 cm³/mol. The molecular weight excluding hydrogens is 304 g/mol. The lowest BCUT2D eigenvalue weighted by Gasteiger charge is -2.31. The molecule has 1 heterocycles. The van der Waals surface area contributed by atoms with Gasteiger partial charge in [-0.3, -0.25) is 9.78 Å². The standard InChI is InChI=1S/C19H22N2O3/c1-12(2)21(13(3)4)18(22)16-8-6-5-7-15(16)17-11-14(19(23)24)9-10-20-17/h5-13H,1-4H3,(H,23,24). The summed E-state index contributed by atoms with van der Waals surface area (Å²) in [5, 5.41) is 9.17. The number of aromatic carboxylic acids is 1. The third kappa shape index (κ3) is 3.62. The molecule has 1 N–H and O–H groups in total. The first-order valence-electron chi connectivity index (χ1n) is 7.94. The molecule has 0 radical (unpaired) electrons. The number of carboxylic acids is 1. The summed E-state index contributed by atoms with van der Waals surface area (Å²) in [6.45, 7) is 7.90. The van der Waals surface area contributed by atoms with Crippen molar-refractivity contribution >= 4 is 11.9 Å². The number of pyridine rings is 1. The lowest BCUT2D eigenvalue weighted by molar-refractivity contribution is 0.0643. The van der Waals surface area contributed by atoms with Crippen LogP contribution in [-0.4, -0.2) is 39.0 Å². The molecular formula is C19H22N2O3. The molecule has 0 unspecified atom stereocenters. The molecule has 1 aromatic carbocycles. The number of nitrogens with zero attached hydrogens (tertiary/aromatic N) is 2. The second-order valence-electron chi connectivity index (χ2n) is 6.18. The van der Waals surface area contributed by atoms with Crippen LogP contribution in [0.1, 0.15) is 48.4 Å². The average molecular weight is 326 g/mol. The van der Waals surface area contributed by atoms with Gasteiger partial charge in [0.25, 0.3) is 5.91 Å². The summed E-state index contributed by atoms with van der Waals surface area (Å²) in [6, 6.07) is 10.2. The van der Waals surface area contributed by atoms with Crippen LogP contribution in [0.2, 0.25) is 0 Å². The highest BCUT2D eigenvalue weighted by molar-refractivity contribution is 6.01.